The molecule has 0 spiro atoms. The van der Waals surface area contributed by atoms with Crippen molar-refractivity contribution in [3.8, 4) is 0 Å². The van der Waals surface area contributed by atoms with Crippen molar-refractivity contribution >= 4 is 55.0 Å². The van der Waals surface area contributed by atoms with E-state index in [-0.39, 0.29) is 11.8 Å². The highest BCUT2D eigenvalue weighted by molar-refractivity contribution is 9.11. The van der Waals surface area contributed by atoms with Crippen molar-refractivity contribution < 1.29 is 13.2 Å². The molecule has 0 radical (unpaired) electrons. The molecule has 1 aliphatic heterocycles. The average Bonchev–Trinajstić information content (AvgIpc) is 2.91. The maximum Gasteiger partial charge on any atom is 0.223 e. The van der Waals surface area contributed by atoms with Gasteiger partial charge in [0, 0.05) is 41.9 Å². The number of thiophene rings is 1. The van der Waals surface area contributed by atoms with Crippen molar-refractivity contribution in [3.05, 3.63) is 20.8 Å². The van der Waals surface area contributed by atoms with Crippen LogP contribution in [0.5, 0.6) is 0 Å². The molecule has 1 fully saturated rings. The van der Waals surface area contributed by atoms with E-state index in [1.807, 2.05) is 6.07 Å². The van der Waals surface area contributed by atoms with E-state index in [1.54, 1.807) is 23.1 Å². The van der Waals surface area contributed by atoms with Gasteiger partial charge < -0.3 is 5.32 Å². The number of nitrogens with zero attached hydrogens (tertiary/aromatic N) is 1. The van der Waals surface area contributed by atoms with Crippen LogP contribution in [0.2, 0.25) is 0 Å². The number of nitrogens with one attached hydrogen (secondary N) is 1. The van der Waals surface area contributed by atoms with E-state index in [0.717, 1.165) is 15.3 Å². The number of rotatable bonds is 7. The number of halogens is 1. The van der Waals surface area contributed by atoms with Crippen LogP contribution in [0.25, 0.3) is 0 Å². The third-order valence-corrected chi connectivity index (χ3v) is 7.83. The Morgan fingerprint density at radius 3 is 2.70 bits per heavy atom. The molecule has 0 saturated carbocycles. The van der Waals surface area contributed by atoms with E-state index in [0.29, 0.717) is 32.5 Å². The summed E-state index contributed by atoms with van der Waals surface area (Å²) in [5.41, 5.74) is 0. The van der Waals surface area contributed by atoms with Gasteiger partial charge in [0.25, 0.3) is 0 Å². The second kappa shape index (κ2) is 8.84. The normalized spacial score (nSPS) is 17.3. The van der Waals surface area contributed by atoms with Crippen LogP contribution in [0.1, 0.15) is 17.7 Å². The minimum absolute atomic E-state index is 0.0534. The Hall–Kier alpha value is -0.0900. The van der Waals surface area contributed by atoms with E-state index in [1.165, 1.54) is 15.4 Å². The summed E-state index contributed by atoms with van der Waals surface area (Å²) in [6.07, 6.45) is 2.43. The van der Waals surface area contributed by atoms with Gasteiger partial charge in [-0.25, -0.2) is 12.7 Å². The van der Waals surface area contributed by atoms with Gasteiger partial charge in [0.1, 0.15) is 0 Å². The zero-order chi connectivity index (χ0) is 16.9. The van der Waals surface area contributed by atoms with Crippen molar-refractivity contribution in [2.75, 3.05) is 31.6 Å². The monoisotopic (exact) mass is 440 g/mol. The van der Waals surface area contributed by atoms with Crippen LogP contribution in [0.4, 0.5) is 0 Å². The lowest BCUT2D eigenvalue weighted by atomic mass is 9.97. The second-order valence-electron chi connectivity index (χ2n) is 5.49. The maximum absolute atomic E-state index is 12.1. The zero-order valence-corrected chi connectivity index (χ0v) is 17.0. The third kappa shape index (κ3) is 6.38. The molecule has 1 amide bonds. The Morgan fingerprint density at radius 1 is 1.43 bits per heavy atom. The van der Waals surface area contributed by atoms with E-state index in [4.69, 9.17) is 0 Å². The van der Waals surface area contributed by atoms with E-state index in [2.05, 4.69) is 27.3 Å². The minimum Gasteiger partial charge on any atom is -0.355 e. The fraction of sp³-hybridized carbons (Fsp3) is 0.643. The average molecular weight is 441 g/mol. The third-order valence-electron chi connectivity index (χ3n) is 3.71. The second-order valence-corrected chi connectivity index (χ2v) is 11.1. The highest BCUT2D eigenvalue weighted by Crippen LogP contribution is 2.25. The van der Waals surface area contributed by atoms with Gasteiger partial charge in [-0.3, -0.25) is 4.79 Å². The van der Waals surface area contributed by atoms with Crippen LogP contribution in [0.3, 0.4) is 0 Å². The number of hydrogen-bond acceptors (Lipinski definition) is 5. The molecule has 5 nitrogen and oxygen atoms in total. The van der Waals surface area contributed by atoms with E-state index in [9.17, 15) is 13.2 Å². The number of carbonyl (C=O) groups is 1. The Kier molecular flexibility index (Phi) is 7.40. The highest BCUT2D eigenvalue weighted by Gasteiger charge is 2.28. The molecule has 0 aliphatic carbocycles. The standard InChI is InChI=1S/C14H21BrN2O3S3/c1-23(19,20)17-7-4-11(5-8-17)14(18)16-6-9-21-10-12-2-3-13(15)22-12/h2-3,11H,4-10H2,1H3,(H,16,18). The summed E-state index contributed by atoms with van der Waals surface area (Å²) < 4.78 is 25.5. The van der Waals surface area contributed by atoms with Crippen molar-refractivity contribution in [3.63, 3.8) is 0 Å². The van der Waals surface area contributed by atoms with Crippen LogP contribution < -0.4 is 5.32 Å². The largest absolute Gasteiger partial charge is 0.355 e. The van der Waals surface area contributed by atoms with Crippen LogP contribution in [0.15, 0.2) is 15.9 Å². The Bertz CT molecular complexity index is 625. The lowest BCUT2D eigenvalue weighted by Gasteiger charge is -2.29. The molecule has 2 heterocycles. The molecular formula is C14H21BrN2O3S3. The number of sulfonamides is 1. The van der Waals surface area contributed by atoms with Gasteiger partial charge in [0.05, 0.1) is 10.0 Å². The highest BCUT2D eigenvalue weighted by atomic mass is 79.9. The molecule has 0 aromatic carbocycles. The maximum atomic E-state index is 12.1. The predicted octanol–water partition coefficient (Wildman–Crippen LogP) is 2.53. The van der Waals surface area contributed by atoms with Gasteiger partial charge in [-0.15, -0.1) is 11.3 Å². The number of piperidine rings is 1. The van der Waals surface area contributed by atoms with Gasteiger partial charge in [-0.05, 0) is 40.9 Å². The topological polar surface area (TPSA) is 66.5 Å². The fourth-order valence-electron chi connectivity index (χ4n) is 2.44. The summed E-state index contributed by atoms with van der Waals surface area (Å²) in [6, 6.07) is 4.15. The Balaban J connectivity index is 1.60. The first-order chi connectivity index (χ1) is 10.9. The molecule has 1 aromatic rings. The van der Waals surface area contributed by atoms with Crippen LogP contribution in [0, 0.1) is 5.92 Å². The van der Waals surface area contributed by atoms with Gasteiger partial charge in [-0.2, -0.15) is 11.8 Å². The van der Waals surface area contributed by atoms with Gasteiger partial charge in [-0.1, -0.05) is 0 Å². The smallest absolute Gasteiger partial charge is 0.223 e. The molecular weight excluding hydrogens is 420 g/mol. The van der Waals surface area contributed by atoms with E-state index >= 15 is 0 Å². The van der Waals surface area contributed by atoms with Crippen molar-refractivity contribution in [1.29, 1.82) is 0 Å². The van der Waals surface area contributed by atoms with Crippen LogP contribution in [-0.4, -0.2) is 50.3 Å². The van der Waals surface area contributed by atoms with Gasteiger partial charge in [0.15, 0.2) is 0 Å². The lowest BCUT2D eigenvalue weighted by molar-refractivity contribution is -0.125. The fourth-order valence-corrected chi connectivity index (χ4v) is 5.77. The number of hydrogen-bond donors (Lipinski definition) is 1. The van der Waals surface area contributed by atoms with Gasteiger partial charge >= 0.3 is 0 Å². The number of thioether (sulfide) groups is 1. The Morgan fingerprint density at radius 2 is 2.13 bits per heavy atom. The molecule has 1 saturated heterocycles. The molecule has 23 heavy (non-hydrogen) atoms. The molecule has 9 heteroatoms. The summed E-state index contributed by atoms with van der Waals surface area (Å²) in [4.78, 5) is 13.4. The molecule has 1 N–H and O–H groups in total. The lowest BCUT2D eigenvalue weighted by Crippen LogP contribution is -2.42. The molecule has 2 rings (SSSR count). The summed E-state index contributed by atoms with van der Waals surface area (Å²) >= 11 is 6.98. The summed E-state index contributed by atoms with van der Waals surface area (Å²) in [7, 11) is -3.13. The van der Waals surface area contributed by atoms with Crippen LogP contribution in [-0.2, 0) is 20.6 Å². The van der Waals surface area contributed by atoms with Gasteiger partial charge in [0.2, 0.25) is 15.9 Å². The summed E-state index contributed by atoms with van der Waals surface area (Å²) in [6.45, 7) is 1.54. The van der Waals surface area contributed by atoms with Crippen molar-refractivity contribution in [2.24, 2.45) is 5.92 Å². The molecule has 0 bridgehead atoms. The molecule has 0 atom stereocenters. The molecule has 1 aromatic heterocycles. The number of amides is 1. The quantitative estimate of drug-likeness (QED) is 0.661. The van der Waals surface area contributed by atoms with Crippen LogP contribution >= 0.6 is 39.0 Å². The first-order valence-corrected chi connectivity index (χ1v) is 12.0. The summed E-state index contributed by atoms with van der Waals surface area (Å²) in [5.74, 6) is 1.83. The SMILES string of the molecule is CS(=O)(=O)N1CCC(C(=O)NCCSCc2ccc(Br)s2)CC1. The number of carbonyl (C=O) groups excluding carboxylic acids is 1. The molecule has 0 unspecified atom stereocenters. The predicted molar refractivity (Wildman–Crippen MR) is 100 cm³/mol. The van der Waals surface area contributed by atoms with Crippen molar-refractivity contribution in [1.82, 2.24) is 9.62 Å². The first kappa shape index (κ1) is 19.2. The van der Waals surface area contributed by atoms with E-state index < -0.39 is 10.0 Å². The minimum atomic E-state index is -3.13. The molecule has 130 valence electrons. The van der Waals surface area contributed by atoms with Crippen molar-refractivity contribution in [2.45, 2.75) is 18.6 Å². The molecule has 1 aliphatic rings. The zero-order valence-electron chi connectivity index (χ0n) is 13.0. The Labute approximate surface area is 154 Å². The summed E-state index contributed by atoms with van der Waals surface area (Å²) in [5, 5.41) is 2.96. The first-order valence-electron chi connectivity index (χ1n) is 7.41.